The van der Waals surface area contributed by atoms with E-state index in [0.29, 0.717) is 13.2 Å². The van der Waals surface area contributed by atoms with Crippen molar-refractivity contribution in [1.82, 2.24) is 10.2 Å². The van der Waals surface area contributed by atoms with Crippen LogP contribution in [0.1, 0.15) is 19.3 Å². The third kappa shape index (κ3) is 2.76. The number of morpholine rings is 1. The zero-order chi connectivity index (χ0) is 12.3. The van der Waals surface area contributed by atoms with Crippen LogP contribution < -0.4 is 5.32 Å². The molecule has 2 aliphatic heterocycles. The maximum Gasteiger partial charge on any atom is 0.328 e. The quantitative estimate of drug-likeness (QED) is 0.678. The molecule has 0 radical (unpaired) electrons. The highest BCUT2D eigenvalue weighted by atomic mass is 16.5. The van der Waals surface area contributed by atoms with Gasteiger partial charge in [0, 0.05) is 6.54 Å². The van der Waals surface area contributed by atoms with Gasteiger partial charge in [0.1, 0.15) is 0 Å². The largest absolute Gasteiger partial charge is 0.480 e. The van der Waals surface area contributed by atoms with Gasteiger partial charge in [-0.1, -0.05) is 6.42 Å². The van der Waals surface area contributed by atoms with E-state index in [4.69, 9.17) is 9.84 Å². The Morgan fingerprint density at radius 1 is 1.35 bits per heavy atom. The van der Waals surface area contributed by atoms with Crippen LogP contribution in [0.4, 0.5) is 0 Å². The summed E-state index contributed by atoms with van der Waals surface area (Å²) in [5.41, 5.74) is 0. The molecule has 2 aliphatic rings. The van der Waals surface area contributed by atoms with Crippen LogP contribution in [0.25, 0.3) is 0 Å². The zero-order valence-electron chi connectivity index (χ0n) is 9.72. The fraction of sp³-hybridized carbons (Fsp3) is 0.818. The minimum Gasteiger partial charge on any atom is -0.480 e. The smallest absolute Gasteiger partial charge is 0.328 e. The average Bonchev–Trinajstić information content (AvgIpc) is 2.39. The van der Waals surface area contributed by atoms with Crippen LogP contribution in [0.3, 0.4) is 0 Å². The standard InChI is InChI=1S/C11H18N2O4/c14-10(8-3-1-2-4-12-8)13-5-6-17-7-9(13)11(15)16/h8-9,12H,1-7H2,(H,15,16)/t8-,9?/m1/s1. The molecule has 0 aliphatic carbocycles. The number of nitrogens with one attached hydrogen (secondary N) is 1. The molecule has 2 atom stereocenters. The van der Waals surface area contributed by atoms with E-state index in [0.717, 1.165) is 25.8 Å². The number of carbonyl (C=O) groups is 2. The number of hydrogen-bond acceptors (Lipinski definition) is 4. The van der Waals surface area contributed by atoms with Gasteiger partial charge in [0.2, 0.25) is 5.91 Å². The van der Waals surface area contributed by atoms with Crippen molar-refractivity contribution in [3.8, 4) is 0 Å². The first-order valence-electron chi connectivity index (χ1n) is 6.04. The molecule has 0 saturated carbocycles. The third-order valence-corrected chi connectivity index (χ3v) is 3.31. The van der Waals surface area contributed by atoms with Crippen LogP contribution in [-0.2, 0) is 14.3 Å². The predicted molar refractivity (Wildman–Crippen MR) is 59.6 cm³/mol. The Labute approximate surface area is 99.9 Å². The lowest BCUT2D eigenvalue weighted by Crippen LogP contribution is -2.58. The molecule has 2 saturated heterocycles. The first-order valence-corrected chi connectivity index (χ1v) is 6.04. The highest BCUT2D eigenvalue weighted by molar-refractivity contribution is 5.87. The second kappa shape index (κ2) is 5.46. The Kier molecular flexibility index (Phi) is 3.96. The van der Waals surface area contributed by atoms with Crippen molar-refractivity contribution in [3.63, 3.8) is 0 Å². The van der Waals surface area contributed by atoms with Gasteiger partial charge < -0.3 is 20.1 Å². The number of aliphatic carboxylic acids is 1. The summed E-state index contributed by atoms with van der Waals surface area (Å²) in [5, 5.41) is 12.2. The molecule has 2 rings (SSSR count). The highest BCUT2D eigenvalue weighted by Gasteiger charge is 2.36. The Morgan fingerprint density at radius 3 is 2.82 bits per heavy atom. The van der Waals surface area contributed by atoms with Crippen LogP contribution >= 0.6 is 0 Å². The van der Waals surface area contributed by atoms with Gasteiger partial charge in [-0.05, 0) is 19.4 Å². The maximum atomic E-state index is 12.2. The molecule has 96 valence electrons. The molecular formula is C11H18N2O4. The Balaban J connectivity index is 2.02. The normalized spacial score (nSPS) is 30.0. The molecule has 2 N–H and O–H groups in total. The van der Waals surface area contributed by atoms with Gasteiger partial charge in [-0.3, -0.25) is 4.79 Å². The minimum atomic E-state index is -0.992. The Morgan fingerprint density at radius 2 is 2.18 bits per heavy atom. The third-order valence-electron chi connectivity index (χ3n) is 3.31. The van der Waals surface area contributed by atoms with Crippen molar-refractivity contribution in [2.24, 2.45) is 0 Å². The molecule has 2 fully saturated rings. The van der Waals surface area contributed by atoms with Crippen LogP contribution in [0.15, 0.2) is 0 Å². The summed E-state index contributed by atoms with van der Waals surface area (Å²) in [6, 6.07) is -1.05. The van der Waals surface area contributed by atoms with E-state index in [2.05, 4.69) is 5.32 Å². The summed E-state index contributed by atoms with van der Waals surface area (Å²) in [7, 11) is 0. The van der Waals surface area contributed by atoms with Crippen molar-refractivity contribution in [2.75, 3.05) is 26.3 Å². The van der Waals surface area contributed by atoms with E-state index in [1.807, 2.05) is 0 Å². The van der Waals surface area contributed by atoms with Crippen molar-refractivity contribution < 1.29 is 19.4 Å². The first kappa shape index (κ1) is 12.3. The van der Waals surface area contributed by atoms with Crippen molar-refractivity contribution >= 4 is 11.9 Å². The Hall–Kier alpha value is -1.14. The summed E-state index contributed by atoms with van der Waals surface area (Å²) in [5.74, 6) is -1.09. The summed E-state index contributed by atoms with van der Waals surface area (Å²) in [6.07, 6.45) is 2.89. The predicted octanol–water partition coefficient (Wildman–Crippen LogP) is -0.559. The van der Waals surface area contributed by atoms with Gasteiger partial charge in [-0.2, -0.15) is 0 Å². The van der Waals surface area contributed by atoms with Gasteiger partial charge in [0.25, 0.3) is 0 Å². The molecule has 1 unspecified atom stereocenters. The molecule has 6 heteroatoms. The van der Waals surface area contributed by atoms with Crippen molar-refractivity contribution in [3.05, 3.63) is 0 Å². The average molecular weight is 242 g/mol. The van der Waals surface area contributed by atoms with Gasteiger partial charge in [-0.15, -0.1) is 0 Å². The molecule has 1 amide bonds. The second-order valence-corrected chi connectivity index (χ2v) is 4.46. The summed E-state index contributed by atoms with van der Waals surface area (Å²) in [4.78, 5) is 24.7. The molecule has 17 heavy (non-hydrogen) atoms. The van der Waals surface area contributed by atoms with Crippen LogP contribution in [0, 0.1) is 0 Å². The SMILES string of the molecule is O=C(O)C1COCCN1C(=O)[C@H]1CCCCN1. The lowest BCUT2D eigenvalue weighted by atomic mass is 10.0. The van der Waals surface area contributed by atoms with Crippen molar-refractivity contribution in [1.29, 1.82) is 0 Å². The summed E-state index contributed by atoms with van der Waals surface area (Å²) < 4.78 is 5.12. The van der Waals surface area contributed by atoms with Crippen LogP contribution in [-0.4, -0.2) is 60.3 Å². The summed E-state index contributed by atoms with van der Waals surface area (Å²) >= 11 is 0. The van der Waals surface area contributed by atoms with Crippen LogP contribution in [0.5, 0.6) is 0 Å². The molecular weight excluding hydrogens is 224 g/mol. The van der Waals surface area contributed by atoms with Gasteiger partial charge in [0.15, 0.2) is 6.04 Å². The van der Waals surface area contributed by atoms with Crippen LogP contribution in [0.2, 0.25) is 0 Å². The number of carboxylic acids is 1. The van der Waals surface area contributed by atoms with E-state index >= 15 is 0 Å². The van der Waals surface area contributed by atoms with Gasteiger partial charge >= 0.3 is 5.97 Å². The van der Waals surface area contributed by atoms with Gasteiger partial charge in [0.05, 0.1) is 19.3 Å². The molecule has 0 bridgehead atoms. The zero-order valence-corrected chi connectivity index (χ0v) is 9.72. The fourth-order valence-corrected chi connectivity index (χ4v) is 2.33. The molecule has 0 aromatic heterocycles. The first-order chi connectivity index (χ1) is 8.20. The molecule has 0 aromatic rings. The molecule has 2 heterocycles. The number of rotatable bonds is 2. The fourth-order valence-electron chi connectivity index (χ4n) is 2.33. The number of piperidine rings is 1. The monoisotopic (exact) mass is 242 g/mol. The molecule has 0 aromatic carbocycles. The number of nitrogens with zero attached hydrogens (tertiary/aromatic N) is 1. The second-order valence-electron chi connectivity index (χ2n) is 4.46. The number of carboxylic acid groups (broad SMARTS) is 1. The molecule has 6 nitrogen and oxygen atoms in total. The highest BCUT2D eigenvalue weighted by Crippen LogP contribution is 2.14. The lowest BCUT2D eigenvalue weighted by molar-refractivity contribution is -0.159. The van der Waals surface area contributed by atoms with Gasteiger partial charge in [-0.25, -0.2) is 4.79 Å². The van der Waals surface area contributed by atoms with Crippen molar-refractivity contribution in [2.45, 2.75) is 31.3 Å². The molecule has 0 spiro atoms. The number of ether oxygens (including phenoxy) is 1. The van der Waals surface area contributed by atoms with E-state index in [9.17, 15) is 9.59 Å². The Bertz CT molecular complexity index is 302. The van der Waals surface area contributed by atoms with E-state index < -0.39 is 12.0 Å². The number of carbonyl (C=O) groups excluding carboxylic acids is 1. The number of hydrogen-bond donors (Lipinski definition) is 2. The topological polar surface area (TPSA) is 78.9 Å². The van der Waals surface area contributed by atoms with E-state index in [1.165, 1.54) is 4.90 Å². The van der Waals surface area contributed by atoms with E-state index in [1.54, 1.807) is 0 Å². The summed E-state index contributed by atoms with van der Waals surface area (Å²) in [6.45, 7) is 1.71. The number of amides is 1. The van der Waals surface area contributed by atoms with E-state index in [-0.39, 0.29) is 18.6 Å². The maximum absolute atomic E-state index is 12.2. The lowest BCUT2D eigenvalue weighted by Gasteiger charge is -2.36. The minimum absolute atomic E-state index is 0.0911.